The molecule has 44 heavy (non-hydrogen) atoms. The molecule has 2 aliphatic rings. The van der Waals surface area contributed by atoms with E-state index in [2.05, 4.69) is 15.3 Å². The van der Waals surface area contributed by atoms with Crippen LogP contribution in [0.15, 0.2) is 42.7 Å². The molecular formula is C29H34F3N5O6S. The van der Waals surface area contributed by atoms with Gasteiger partial charge in [0.15, 0.2) is 17.5 Å². The van der Waals surface area contributed by atoms with Gasteiger partial charge in [-0.1, -0.05) is 30.5 Å². The largest absolute Gasteiger partial charge is 0.394 e. The number of hydrogen-bond donors (Lipinski definition) is 4. The highest BCUT2D eigenvalue weighted by molar-refractivity contribution is 8.01. The minimum absolute atomic E-state index is 0.0702. The monoisotopic (exact) mass is 637 g/mol. The van der Waals surface area contributed by atoms with Crippen LogP contribution in [0.1, 0.15) is 43.8 Å². The average molecular weight is 638 g/mol. The van der Waals surface area contributed by atoms with Gasteiger partial charge in [0.05, 0.1) is 30.6 Å². The van der Waals surface area contributed by atoms with Crippen LogP contribution in [0.5, 0.6) is 0 Å². The SMILES string of the molecule is CN(Cc1ccccn1)C(=O)C(S[C@@H]1O[C@H](CO)[C@H](O)[C@H](n2cc(-c3cc(F)c(F)c(F)c3)nn2)[C@H]1O)C1(O)CCCCC1. The third-order valence-electron chi connectivity index (χ3n) is 8.15. The van der Waals surface area contributed by atoms with Gasteiger partial charge in [-0.05, 0) is 37.1 Å². The first-order valence-electron chi connectivity index (χ1n) is 14.2. The number of rotatable bonds is 9. The maximum atomic E-state index is 13.9. The molecule has 1 aliphatic heterocycles. The molecule has 0 radical (unpaired) electrons. The highest BCUT2D eigenvalue weighted by Crippen LogP contribution is 2.43. The molecule has 4 N–H and O–H groups in total. The molecule has 3 aromatic rings. The Morgan fingerprint density at radius 3 is 2.50 bits per heavy atom. The number of nitrogens with zero attached hydrogens (tertiary/aromatic N) is 5. The van der Waals surface area contributed by atoms with Gasteiger partial charge in [-0.25, -0.2) is 17.9 Å². The van der Waals surface area contributed by atoms with Crippen molar-refractivity contribution in [3.8, 4) is 11.3 Å². The summed E-state index contributed by atoms with van der Waals surface area (Å²) in [6, 6.07) is 5.52. The van der Waals surface area contributed by atoms with E-state index in [0.29, 0.717) is 31.4 Å². The highest BCUT2D eigenvalue weighted by atomic mass is 32.2. The number of aromatic nitrogens is 4. The van der Waals surface area contributed by atoms with Crippen molar-refractivity contribution >= 4 is 17.7 Å². The first kappa shape index (κ1) is 32.3. The third kappa shape index (κ3) is 6.62. The van der Waals surface area contributed by atoms with Crippen molar-refractivity contribution in [3.63, 3.8) is 0 Å². The van der Waals surface area contributed by atoms with Crippen LogP contribution in [0.2, 0.25) is 0 Å². The van der Waals surface area contributed by atoms with Crippen LogP contribution in [0.25, 0.3) is 11.3 Å². The molecule has 1 saturated carbocycles. The minimum atomic E-state index is -1.64. The second-order valence-corrected chi connectivity index (χ2v) is 12.4. The molecule has 1 unspecified atom stereocenters. The van der Waals surface area contributed by atoms with Crippen molar-refractivity contribution in [1.29, 1.82) is 0 Å². The van der Waals surface area contributed by atoms with E-state index in [9.17, 15) is 38.4 Å². The fourth-order valence-corrected chi connectivity index (χ4v) is 7.32. The molecule has 6 atom stereocenters. The molecule has 5 rings (SSSR count). The number of carbonyl (C=O) groups is 1. The Hall–Kier alpha value is -3.08. The molecule has 11 nitrogen and oxygen atoms in total. The van der Waals surface area contributed by atoms with Crippen LogP contribution in [0, 0.1) is 17.5 Å². The number of aliphatic hydroxyl groups is 4. The lowest BCUT2D eigenvalue weighted by molar-refractivity contribution is -0.179. The van der Waals surface area contributed by atoms with E-state index in [1.807, 2.05) is 0 Å². The zero-order chi connectivity index (χ0) is 31.6. The van der Waals surface area contributed by atoms with Gasteiger partial charge < -0.3 is 30.1 Å². The number of benzene rings is 1. The predicted octanol–water partition coefficient (Wildman–Crippen LogP) is 2.19. The summed E-state index contributed by atoms with van der Waals surface area (Å²) in [5.41, 5.74) is -2.20. The number of carbonyl (C=O) groups excluding carboxylic acids is 1. The fraction of sp³-hybridized carbons (Fsp3) is 0.517. The molecule has 2 aromatic heterocycles. The molecule has 15 heteroatoms. The number of aliphatic hydroxyl groups excluding tert-OH is 3. The maximum absolute atomic E-state index is 13.9. The molecule has 238 valence electrons. The predicted molar refractivity (Wildman–Crippen MR) is 152 cm³/mol. The van der Waals surface area contributed by atoms with Crippen molar-refractivity contribution in [2.45, 2.75) is 79.3 Å². The lowest BCUT2D eigenvalue weighted by Crippen LogP contribution is -2.57. The van der Waals surface area contributed by atoms with Crippen LogP contribution >= 0.6 is 11.8 Å². The summed E-state index contributed by atoms with van der Waals surface area (Å²) in [6.07, 6.45) is 1.54. The zero-order valence-corrected chi connectivity index (χ0v) is 24.7. The van der Waals surface area contributed by atoms with E-state index in [1.165, 1.54) is 11.1 Å². The molecule has 1 aromatic carbocycles. The van der Waals surface area contributed by atoms with E-state index >= 15 is 0 Å². The van der Waals surface area contributed by atoms with E-state index in [4.69, 9.17) is 4.74 Å². The minimum Gasteiger partial charge on any atom is -0.394 e. The Labute approximate surface area is 255 Å². The summed E-state index contributed by atoms with van der Waals surface area (Å²) in [4.78, 5) is 19.6. The van der Waals surface area contributed by atoms with Crippen molar-refractivity contribution in [2.75, 3.05) is 13.7 Å². The second kappa shape index (κ2) is 13.5. The van der Waals surface area contributed by atoms with E-state index in [-0.39, 0.29) is 17.8 Å². The number of hydrogen-bond acceptors (Lipinski definition) is 10. The van der Waals surface area contributed by atoms with Gasteiger partial charge in [-0.2, -0.15) is 0 Å². The molecular weight excluding hydrogens is 603 g/mol. The number of ether oxygens (including phenoxy) is 1. The number of halogens is 3. The lowest BCUT2D eigenvalue weighted by Gasteiger charge is -2.45. The third-order valence-corrected chi connectivity index (χ3v) is 9.72. The summed E-state index contributed by atoms with van der Waals surface area (Å²) in [7, 11) is 1.59. The van der Waals surface area contributed by atoms with Gasteiger partial charge in [-0.15, -0.1) is 16.9 Å². The Morgan fingerprint density at radius 2 is 1.86 bits per heavy atom. The average Bonchev–Trinajstić information content (AvgIpc) is 3.49. The topological polar surface area (TPSA) is 154 Å². The Balaban J connectivity index is 1.43. The normalized spacial score (nSPS) is 25.9. The van der Waals surface area contributed by atoms with Gasteiger partial charge >= 0.3 is 0 Å². The quantitative estimate of drug-likeness (QED) is 0.257. The van der Waals surface area contributed by atoms with E-state index in [1.54, 1.807) is 31.4 Å². The van der Waals surface area contributed by atoms with Crippen LogP contribution in [0.3, 0.4) is 0 Å². The van der Waals surface area contributed by atoms with Gasteiger partial charge in [0.1, 0.15) is 40.7 Å². The van der Waals surface area contributed by atoms with Crippen LogP contribution in [-0.2, 0) is 16.1 Å². The Kier molecular flexibility index (Phi) is 9.92. The van der Waals surface area contributed by atoms with Crippen molar-refractivity contribution < 1.29 is 43.1 Å². The molecule has 3 heterocycles. The Morgan fingerprint density at radius 1 is 1.16 bits per heavy atom. The molecule has 0 spiro atoms. The van der Waals surface area contributed by atoms with Crippen molar-refractivity contribution in [3.05, 3.63) is 65.9 Å². The summed E-state index contributed by atoms with van der Waals surface area (Å²) in [5, 5.41) is 51.0. The zero-order valence-electron chi connectivity index (χ0n) is 23.8. The highest BCUT2D eigenvalue weighted by Gasteiger charge is 2.51. The molecule has 1 amide bonds. The van der Waals surface area contributed by atoms with E-state index < -0.39 is 70.6 Å². The molecule has 1 aliphatic carbocycles. The van der Waals surface area contributed by atoms with E-state index in [0.717, 1.165) is 35.0 Å². The first-order chi connectivity index (χ1) is 21.0. The molecule has 0 bridgehead atoms. The van der Waals surface area contributed by atoms with Crippen molar-refractivity contribution in [1.82, 2.24) is 24.9 Å². The van der Waals surface area contributed by atoms with Gasteiger partial charge in [0.25, 0.3) is 0 Å². The molecule has 2 fully saturated rings. The standard InChI is InChI=1S/C29H34F3N5O6S/c1-36(13-17-7-3-6-10-33-17)27(41)26(29(42)8-4-2-5-9-29)44-28-25(40)23(24(39)21(15-38)43-28)37-14-20(34-35-37)16-11-18(30)22(32)19(31)12-16/h3,6-7,10-12,14,21,23-26,28,38-40,42H,2,4-5,8-9,13,15H2,1H3/t21-,23+,24+,25-,26?,28+/m1/s1. The number of amides is 1. The fourth-order valence-electron chi connectivity index (χ4n) is 5.74. The smallest absolute Gasteiger partial charge is 0.238 e. The second-order valence-electron chi connectivity index (χ2n) is 11.2. The number of thioether (sulfide) groups is 1. The number of pyridine rings is 1. The van der Waals surface area contributed by atoms with Crippen LogP contribution < -0.4 is 0 Å². The first-order valence-corrected chi connectivity index (χ1v) is 15.2. The lowest BCUT2D eigenvalue weighted by atomic mass is 9.81. The van der Waals surface area contributed by atoms with Gasteiger partial charge in [-0.3, -0.25) is 9.78 Å². The summed E-state index contributed by atoms with van der Waals surface area (Å²) < 4.78 is 48.2. The van der Waals surface area contributed by atoms with Gasteiger partial charge in [0.2, 0.25) is 5.91 Å². The van der Waals surface area contributed by atoms with Crippen LogP contribution in [-0.4, -0.2) is 99.5 Å². The molecule has 1 saturated heterocycles. The summed E-state index contributed by atoms with van der Waals surface area (Å²) in [5.74, 6) is -4.91. The Bertz CT molecular complexity index is 1420. The summed E-state index contributed by atoms with van der Waals surface area (Å²) >= 11 is 0.896. The van der Waals surface area contributed by atoms with Crippen molar-refractivity contribution in [2.24, 2.45) is 0 Å². The van der Waals surface area contributed by atoms with Gasteiger partial charge in [0, 0.05) is 18.8 Å². The summed E-state index contributed by atoms with van der Waals surface area (Å²) in [6.45, 7) is -0.479. The maximum Gasteiger partial charge on any atom is 0.238 e. The van der Waals surface area contributed by atoms with Crippen LogP contribution in [0.4, 0.5) is 13.2 Å².